The lowest BCUT2D eigenvalue weighted by molar-refractivity contribution is 0.340. The molecule has 0 aromatic heterocycles. The summed E-state index contributed by atoms with van der Waals surface area (Å²) in [7, 11) is -8.41. The minimum Gasteiger partial charge on any atom is -0.379 e. The van der Waals surface area contributed by atoms with Crippen LogP contribution in [0.25, 0.3) is 5.57 Å². The summed E-state index contributed by atoms with van der Waals surface area (Å²) in [6.07, 6.45) is 3.23. The van der Waals surface area contributed by atoms with Crippen molar-refractivity contribution in [2.45, 2.75) is 30.6 Å². The molecule has 0 spiro atoms. The summed E-state index contributed by atoms with van der Waals surface area (Å²) < 4.78 is 60.8. The first-order valence-electron chi connectivity index (χ1n) is 11.2. The Morgan fingerprint density at radius 3 is 2.18 bits per heavy atom. The van der Waals surface area contributed by atoms with Crippen molar-refractivity contribution in [3.05, 3.63) is 106 Å². The van der Waals surface area contributed by atoms with Crippen molar-refractivity contribution in [1.82, 2.24) is 0 Å². The van der Waals surface area contributed by atoms with Gasteiger partial charge in [0.25, 0.3) is 0 Å². The molecule has 1 aliphatic heterocycles. The highest BCUT2D eigenvalue weighted by molar-refractivity contribution is 8.18. The number of oxime groups is 1. The van der Waals surface area contributed by atoms with Crippen molar-refractivity contribution >= 4 is 42.6 Å². The Morgan fingerprint density at radius 2 is 1.53 bits per heavy atom. The van der Waals surface area contributed by atoms with E-state index in [9.17, 15) is 22.1 Å². The first-order chi connectivity index (χ1) is 18.0. The molecule has 0 unspecified atom stereocenters. The maximum atomic E-state index is 12.7. The largest absolute Gasteiger partial charge is 0.379 e. The van der Waals surface area contributed by atoms with E-state index in [1.165, 1.54) is 37.3 Å². The highest BCUT2D eigenvalue weighted by Crippen LogP contribution is 2.35. The van der Waals surface area contributed by atoms with Gasteiger partial charge in [0, 0.05) is 4.91 Å². The average Bonchev–Trinajstić information content (AvgIpc) is 3.34. The second-order valence-electron chi connectivity index (χ2n) is 8.34. The van der Waals surface area contributed by atoms with Crippen molar-refractivity contribution in [3.8, 4) is 11.8 Å². The number of hydrogen-bond donors (Lipinski definition) is 0. The number of allylic oxidation sites excluding steroid dienone is 2. The minimum absolute atomic E-state index is 0.0138. The van der Waals surface area contributed by atoms with E-state index in [1.807, 2.05) is 38.1 Å². The Bertz CT molecular complexity index is 1750. The first kappa shape index (κ1) is 27.2. The van der Waals surface area contributed by atoms with Crippen LogP contribution in [0.2, 0.25) is 0 Å². The molecule has 194 valence electrons. The molecular formula is C27H22N2O6S3. The first-order valence-corrected chi connectivity index (χ1v) is 14.8. The fraction of sp³-hybridized carbons (Fsp3) is 0.111. The van der Waals surface area contributed by atoms with Gasteiger partial charge in [-0.15, -0.1) is 0 Å². The van der Waals surface area contributed by atoms with Crippen LogP contribution in [0.3, 0.4) is 0 Å². The number of benzene rings is 3. The van der Waals surface area contributed by atoms with Gasteiger partial charge in [-0.1, -0.05) is 58.9 Å². The third-order valence-electron chi connectivity index (χ3n) is 5.53. The number of thioether (sulfide) groups is 1. The van der Waals surface area contributed by atoms with Crippen molar-refractivity contribution in [2.75, 3.05) is 0 Å². The molecule has 0 bridgehead atoms. The smallest absolute Gasteiger partial charge is 0.358 e. The van der Waals surface area contributed by atoms with Gasteiger partial charge < -0.3 is 4.18 Å². The summed E-state index contributed by atoms with van der Waals surface area (Å²) in [6.45, 7) is 5.25. The quantitative estimate of drug-likeness (QED) is 0.205. The summed E-state index contributed by atoms with van der Waals surface area (Å²) in [5.74, 6) is -0.0138. The van der Waals surface area contributed by atoms with Crippen LogP contribution < -0.4 is 4.18 Å². The molecule has 1 heterocycles. The number of rotatable bonds is 7. The van der Waals surface area contributed by atoms with Crippen LogP contribution in [0.4, 0.5) is 0 Å². The summed E-state index contributed by atoms with van der Waals surface area (Å²) in [5.41, 5.74) is 3.33. The van der Waals surface area contributed by atoms with Crippen LogP contribution >= 0.6 is 11.8 Å². The van der Waals surface area contributed by atoms with E-state index in [1.54, 1.807) is 24.3 Å². The van der Waals surface area contributed by atoms with E-state index in [4.69, 9.17) is 8.47 Å². The SMILES string of the molecule is Cc1ccc(S(=O)(=O)Oc2ccc(S(=O)(=O)ON=C3C=C/C(=C(\C#N)c4ccccc4C)S3)cc2C)cc1. The van der Waals surface area contributed by atoms with E-state index < -0.39 is 20.2 Å². The molecule has 38 heavy (non-hydrogen) atoms. The number of nitrogens with zero attached hydrogens (tertiary/aromatic N) is 2. The molecule has 0 saturated heterocycles. The average molecular weight is 567 g/mol. The van der Waals surface area contributed by atoms with Gasteiger partial charge >= 0.3 is 20.2 Å². The van der Waals surface area contributed by atoms with Gasteiger partial charge in [-0.3, -0.25) is 4.28 Å². The van der Waals surface area contributed by atoms with Gasteiger partial charge in [-0.25, -0.2) is 0 Å². The van der Waals surface area contributed by atoms with Crippen LogP contribution in [0.5, 0.6) is 5.75 Å². The molecule has 11 heteroatoms. The van der Waals surface area contributed by atoms with E-state index in [0.29, 0.717) is 10.5 Å². The molecule has 0 fully saturated rings. The lowest BCUT2D eigenvalue weighted by Gasteiger charge is -2.11. The normalized spacial score (nSPS) is 15.8. The summed E-state index contributed by atoms with van der Waals surface area (Å²) >= 11 is 1.11. The zero-order valence-electron chi connectivity index (χ0n) is 20.6. The van der Waals surface area contributed by atoms with Crippen LogP contribution in [0, 0.1) is 32.1 Å². The van der Waals surface area contributed by atoms with Gasteiger partial charge in [0.2, 0.25) is 0 Å². The number of nitriles is 1. The summed E-state index contributed by atoms with van der Waals surface area (Å²) in [4.78, 5) is 0.379. The zero-order chi connectivity index (χ0) is 27.5. The summed E-state index contributed by atoms with van der Waals surface area (Å²) in [6, 6.07) is 19.5. The van der Waals surface area contributed by atoms with Crippen molar-refractivity contribution < 1.29 is 25.3 Å². The van der Waals surface area contributed by atoms with Crippen LogP contribution in [-0.4, -0.2) is 21.9 Å². The predicted molar refractivity (Wildman–Crippen MR) is 146 cm³/mol. The number of hydrogen-bond acceptors (Lipinski definition) is 9. The van der Waals surface area contributed by atoms with Gasteiger partial charge in [0.05, 0.1) is 5.57 Å². The molecule has 0 N–H and O–H groups in total. The summed E-state index contributed by atoms with van der Waals surface area (Å²) in [5, 5.41) is 13.7. The van der Waals surface area contributed by atoms with Crippen molar-refractivity contribution in [2.24, 2.45) is 5.16 Å². The second-order valence-corrected chi connectivity index (χ2v) is 12.5. The Labute approximate surface area is 226 Å². The fourth-order valence-electron chi connectivity index (χ4n) is 3.48. The molecule has 3 aromatic rings. The third kappa shape index (κ3) is 5.99. The molecular weight excluding hydrogens is 545 g/mol. The van der Waals surface area contributed by atoms with Crippen LogP contribution in [-0.2, 0) is 24.5 Å². The van der Waals surface area contributed by atoms with Gasteiger partial charge in [0.1, 0.15) is 26.7 Å². The molecule has 0 amide bonds. The molecule has 3 aromatic carbocycles. The third-order valence-corrected chi connectivity index (χ3v) is 8.86. The molecule has 0 radical (unpaired) electrons. The second kappa shape index (κ2) is 10.9. The molecule has 0 aliphatic carbocycles. The maximum absolute atomic E-state index is 12.7. The zero-order valence-corrected chi connectivity index (χ0v) is 23.0. The monoisotopic (exact) mass is 566 g/mol. The molecule has 1 aliphatic rings. The van der Waals surface area contributed by atoms with Gasteiger partial charge in [-0.05, 0) is 79.9 Å². The fourth-order valence-corrected chi connectivity index (χ4v) is 6.17. The maximum Gasteiger partial charge on any atom is 0.358 e. The van der Waals surface area contributed by atoms with Crippen LogP contribution in [0.1, 0.15) is 22.3 Å². The standard InChI is InChI=1S/C27H22N2O6S3/c1-18-8-10-21(11-9-18)37(30,31)34-25-13-12-22(16-20(25)3)38(32,33)35-29-27-15-14-26(36-27)24(17-28)23-7-5-4-6-19(23)2/h4-16H,1-3H3/b26-24-,29-27?. The Morgan fingerprint density at radius 1 is 0.842 bits per heavy atom. The topological polar surface area (TPSA) is 123 Å². The molecule has 0 atom stereocenters. The minimum atomic E-state index is -4.31. The van der Waals surface area contributed by atoms with E-state index in [-0.39, 0.29) is 26.1 Å². The van der Waals surface area contributed by atoms with Gasteiger partial charge in [0.15, 0.2) is 0 Å². The Balaban J connectivity index is 1.50. The molecule has 0 saturated carbocycles. The van der Waals surface area contributed by atoms with Crippen molar-refractivity contribution in [1.29, 1.82) is 5.26 Å². The molecule has 4 rings (SSSR count). The Hall–Kier alpha value is -3.85. The highest BCUT2D eigenvalue weighted by atomic mass is 32.2. The van der Waals surface area contributed by atoms with Crippen LogP contribution in [0.15, 0.2) is 98.7 Å². The lowest BCUT2D eigenvalue weighted by atomic mass is 10.0. The van der Waals surface area contributed by atoms with E-state index >= 15 is 0 Å². The number of aryl methyl sites for hydroxylation is 3. The highest BCUT2D eigenvalue weighted by Gasteiger charge is 2.22. The Kier molecular flexibility index (Phi) is 7.78. The van der Waals surface area contributed by atoms with Crippen molar-refractivity contribution in [3.63, 3.8) is 0 Å². The van der Waals surface area contributed by atoms with E-state index in [2.05, 4.69) is 11.2 Å². The van der Waals surface area contributed by atoms with Gasteiger partial charge in [-0.2, -0.15) is 22.1 Å². The predicted octanol–water partition coefficient (Wildman–Crippen LogP) is 5.64. The molecule has 8 nitrogen and oxygen atoms in total. The van der Waals surface area contributed by atoms with E-state index in [0.717, 1.165) is 28.5 Å². The lowest BCUT2D eigenvalue weighted by Crippen LogP contribution is -2.11.